The van der Waals surface area contributed by atoms with E-state index >= 15 is 0 Å². The lowest BCUT2D eigenvalue weighted by Gasteiger charge is -2.10. The van der Waals surface area contributed by atoms with Crippen LogP contribution in [0.4, 0.5) is 14.5 Å². The summed E-state index contributed by atoms with van der Waals surface area (Å²) >= 11 is 1.40. The van der Waals surface area contributed by atoms with E-state index in [9.17, 15) is 22.0 Å². The zero-order chi connectivity index (χ0) is 18.6. The Bertz CT molecular complexity index is 848. The van der Waals surface area contributed by atoms with Crippen molar-refractivity contribution in [2.75, 3.05) is 5.32 Å². The van der Waals surface area contributed by atoms with E-state index in [1.54, 1.807) is 43.5 Å². The molecule has 1 heterocycles. The normalized spacial score (nSPS) is 11.9. The molecule has 0 atom stereocenters. The van der Waals surface area contributed by atoms with Crippen molar-refractivity contribution in [2.45, 2.75) is 35.5 Å². The van der Waals surface area contributed by atoms with Gasteiger partial charge in [0.05, 0.1) is 11.0 Å². The zero-order valence-corrected chi connectivity index (χ0v) is 16.0. The Balaban J connectivity index is 2.15. The molecule has 0 unspecified atom stereocenters. The Labute approximate surface area is 153 Å². The molecule has 2 rings (SSSR count). The molecule has 0 radical (unpaired) electrons. The van der Waals surface area contributed by atoms with Gasteiger partial charge in [-0.3, -0.25) is 4.79 Å². The zero-order valence-electron chi connectivity index (χ0n) is 13.5. The summed E-state index contributed by atoms with van der Waals surface area (Å²) in [6, 6.07) is 7.98. The fraction of sp³-hybridized carbons (Fsp3) is 0.312. The maximum absolute atomic E-state index is 12.5. The van der Waals surface area contributed by atoms with E-state index in [0.29, 0.717) is 23.0 Å². The van der Waals surface area contributed by atoms with Crippen molar-refractivity contribution in [1.82, 2.24) is 0 Å². The number of thiophene rings is 1. The molecule has 0 saturated carbocycles. The van der Waals surface area contributed by atoms with E-state index in [1.165, 1.54) is 6.07 Å². The number of rotatable bonds is 7. The summed E-state index contributed by atoms with van der Waals surface area (Å²) < 4.78 is 49.1. The van der Waals surface area contributed by atoms with Crippen LogP contribution in [0.2, 0.25) is 0 Å². The maximum Gasteiger partial charge on any atom is 0.288 e. The van der Waals surface area contributed by atoms with Crippen molar-refractivity contribution in [3.05, 3.63) is 46.2 Å². The van der Waals surface area contributed by atoms with E-state index in [-0.39, 0.29) is 15.5 Å². The van der Waals surface area contributed by atoms with Crippen LogP contribution in [0.3, 0.4) is 0 Å². The molecule has 2 aromatic rings. The van der Waals surface area contributed by atoms with Crippen LogP contribution >= 0.6 is 23.1 Å². The van der Waals surface area contributed by atoms with Crippen molar-refractivity contribution in [3.8, 4) is 0 Å². The summed E-state index contributed by atoms with van der Waals surface area (Å²) in [5.74, 6) is -3.23. The highest BCUT2D eigenvalue weighted by atomic mass is 32.2. The number of hydrogen-bond donors (Lipinski definition) is 1. The van der Waals surface area contributed by atoms with E-state index < -0.39 is 26.8 Å². The Hall–Kier alpha value is -1.45. The summed E-state index contributed by atoms with van der Waals surface area (Å²) in [6.07, 6.45) is 0. The summed E-state index contributed by atoms with van der Waals surface area (Å²) in [5, 5.41) is 3.71. The molecule has 0 fully saturated rings. The van der Waals surface area contributed by atoms with Gasteiger partial charge < -0.3 is 5.32 Å². The molecule has 1 amide bonds. The van der Waals surface area contributed by atoms with Crippen molar-refractivity contribution in [3.63, 3.8) is 0 Å². The number of sulfone groups is 1. The predicted molar refractivity (Wildman–Crippen MR) is 98.3 cm³/mol. The summed E-state index contributed by atoms with van der Waals surface area (Å²) in [6.45, 7) is 3.22. The first-order valence-electron chi connectivity index (χ1n) is 7.33. The number of carbonyl (C=O) groups excluding carboxylic acids is 1. The minimum Gasteiger partial charge on any atom is -0.321 e. The van der Waals surface area contributed by atoms with Gasteiger partial charge in [-0.15, -0.1) is 11.3 Å². The molecule has 0 spiro atoms. The fourth-order valence-corrected chi connectivity index (χ4v) is 4.55. The first-order chi connectivity index (χ1) is 11.7. The molecule has 1 aromatic heterocycles. The summed E-state index contributed by atoms with van der Waals surface area (Å²) in [4.78, 5) is 12.7. The van der Waals surface area contributed by atoms with Gasteiger partial charge in [-0.2, -0.15) is 8.78 Å². The number of halogens is 2. The molecule has 0 aliphatic rings. The first kappa shape index (κ1) is 19.9. The lowest BCUT2D eigenvalue weighted by molar-refractivity contribution is 0.102. The summed E-state index contributed by atoms with van der Waals surface area (Å²) in [7, 11) is -3.26. The highest BCUT2D eigenvalue weighted by Gasteiger charge is 2.19. The lowest BCUT2D eigenvalue weighted by Crippen LogP contribution is -2.16. The van der Waals surface area contributed by atoms with Crippen LogP contribution in [0.25, 0.3) is 0 Å². The van der Waals surface area contributed by atoms with Gasteiger partial charge in [0.25, 0.3) is 11.7 Å². The molecular weight excluding hydrogens is 388 g/mol. The Morgan fingerprint density at radius 2 is 2.00 bits per heavy atom. The highest BCUT2D eigenvalue weighted by Crippen LogP contribution is 2.32. The van der Waals surface area contributed by atoms with Crippen LogP contribution in [0.15, 0.2) is 40.6 Å². The largest absolute Gasteiger partial charge is 0.321 e. The van der Waals surface area contributed by atoms with Gasteiger partial charge in [-0.05, 0) is 43.0 Å². The van der Waals surface area contributed by atoms with E-state index in [0.717, 1.165) is 11.3 Å². The van der Waals surface area contributed by atoms with Gasteiger partial charge in [-0.1, -0.05) is 23.9 Å². The minimum absolute atomic E-state index is 0.125. The number of alkyl halides is 2. The third-order valence-electron chi connectivity index (χ3n) is 3.32. The average Bonchev–Trinajstić information content (AvgIpc) is 2.94. The van der Waals surface area contributed by atoms with Crippen molar-refractivity contribution < 1.29 is 22.0 Å². The van der Waals surface area contributed by atoms with Crippen LogP contribution in [-0.4, -0.2) is 25.3 Å². The van der Waals surface area contributed by atoms with E-state index in [2.05, 4.69) is 5.32 Å². The SMILES string of the molecule is CC(C)S(=O)(=O)Cc1cccc(NC(=O)c2sccc2SC(F)F)c1. The molecule has 0 saturated heterocycles. The van der Waals surface area contributed by atoms with Crippen molar-refractivity contribution >= 4 is 44.5 Å². The molecule has 4 nitrogen and oxygen atoms in total. The molecule has 9 heteroatoms. The van der Waals surface area contributed by atoms with Gasteiger partial charge in [-0.25, -0.2) is 8.42 Å². The monoisotopic (exact) mass is 405 g/mol. The van der Waals surface area contributed by atoms with Crippen LogP contribution in [0.5, 0.6) is 0 Å². The van der Waals surface area contributed by atoms with Crippen LogP contribution in [-0.2, 0) is 15.6 Å². The molecule has 0 aliphatic heterocycles. The van der Waals surface area contributed by atoms with Gasteiger partial charge in [0.2, 0.25) is 0 Å². The van der Waals surface area contributed by atoms with E-state index in [4.69, 9.17) is 0 Å². The standard InChI is InChI=1S/C16H17F2NO3S3/c1-10(2)25(21,22)9-11-4-3-5-12(8-11)19-15(20)14-13(6-7-23-14)24-16(17)18/h3-8,10,16H,9H2,1-2H3,(H,19,20). The second kappa shape index (κ2) is 8.29. The Morgan fingerprint density at radius 3 is 2.64 bits per heavy atom. The van der Waals surface area contributed by atoms with Crippen LogP contribution < -0.4 is 5.32 Å². The number of anilines is 1. The Kier molecular flexibility index (Phi) is 6.59. The molecule has 1 N–H and O–H groups in total. The number of amides is 1. The lowest BCUT2D eigenvalue weighted by atomic mass is 10.2. The van der Waals surface area contributed by atoms with E-state index in [1.807, 2.05) is 0 Å². The third kappa shape index (κ3) is 5.52. The smallest absolute Gasteiger partial charge is 0.288 e. The second-order valence-corrected chi connectivity index (χ2v) is 10.0. The van der Waals surface area contributed by atoms with Gasteiger partial charge >= 0.3 is 0 Å². The third-order valence-corrected chi connectivity index (χ3v) is 7.31. The van der Waals surface area contributed by atoms with Crippen molar-refractivity contribution in [1.29, 1.82) is 0 Å². The van der Waals surface area contributed by atoms with Gasteiger partial charge in [0.15, 0.2) is 9.84 Å². The average molecular weight is 406 g/mol. The first-order valence-corrected chi connectivity index (χ1v) is 10.8. The van der Waals surface area contributed by atoms with Gasteiger partial charge in [0.1, 0.15) is 4.88 Å². The molecule has 136 valence electrons. The topological polar surface area (TPSA) is 63.2 Å². The number of nitrogens with one attached hydrogen (secondary N) is 1. The molecular formula is C16H17F2NO3S3. The second-order valence-electron chi connectivity index (χ2n) is 5.50. The number of benzene rings is 1. The predicted octanol–water partition coefficient (Wildman–Crippen LogP) is 4.64. The molecule has 0 bridgehead atoms. The van der Waals surface area contributed by atoms with Crippen molar-refractivity contribution in [2.24, 2.45) is 0 Å². The summed E-state index contributed by atoms with van der Waals surface area (Å²) in [5.41, 5.74) is 0.975. The van der Waals surface area contributed by atoms with Crippen LogP contribution in [0, 0.1) is 0 Å². The highest BCUT2D eigenvalue weighted by molar-refractivity contribution is 7.99. The molecule has 1 aromatic carbocycles. The quantitative estimate of drug-likeness (QED) is 0.682. The number of carbonyl (C=O) groups is 1. The van der Waals surface area contributed by atoms with Crippen LogP contribution in [0.1, 0.15) is 29.1 Å². The molecule has 0 aliphatic carbocycles. The number of hydrogen-bond acceptors (Lipinski definition) is 5. The Morgan fingerprint density at radius 1 is 1.28 bits per heavy atom. The maximum atomic E-state index is 12.5. The number of thioether (sulfide) groups is 1. The molecule has 25 heavy (non-hydrogen) atoms. The minimum atomic E-state index is -3.26. The van der Waals surface area contributed by atoms with Gasteiger partial charge in [0, 0.05) is 10.6 Å². The fourth-order valence-electron chi connectivity index (χ4n) is 1.98.